The number of ether oxygens (including phenoxy) is 3. The lowest BCUT2D eigenvalue weighted by atomic mass is 9.97. The minimum absolute atomic E-state index is 0.132. The minimum atomic E-state index is -3.87. The molecule has 0 atom stereocenters. The molecule has 190 valence electrons. The van der Waals surface area contributed by atoms with Gasteiger partial charge in [0.15, 0.2) is 4.75 Å². The molecule has 2 fully saturated rings. The van der Waals surface area contributed by atoms with Crippen molar-refractivity contribution in [1.82, 2.24) is 4.31 Å². The monoisotopic (exact) mass is 493 g/mol. The molecule has 34 heavy (non-hydrogen) atoms. The third-order valence-electron chi connectivity index (χ3n) is 6.35. The first-order valence-electron chi connectivity index (χ1n) is 12.2. The van der Waals surface area contributed by atoms with Gasteiger partial charge in [-0.05, 0) is 51.5 Å². The molecule has 2 aliphatic rings. The van der Waals surface area contributed by atoms with E-state index in [-0.39, 0.29) is 26.1 Å². The number of rotatable bonds is 9. The lowest BCUT2D eigenvalue weighted by Crippen LogP contribution is -2.58. The minimum Gasteiger partial charge on any atom is -0.459 e. The lowest BCUT2D eigenvalue weighted by molar-refractivity contribution is -0.161. The first kappa shape index (κ1) is 26.9. The Morgan fingerprint density at radius 1 is 1.15 bits per heavy atom. The summed E-state index contributed by atoms with van der Waals surface area (Å²) < 4.78 is 44.0. The van der Waals surface area contributed by atoms with Crippen LogP contribution in [-0.4, -0.2) is 62.0 Å². The molecule has 7 nitrogen and oxygen atoms in total. The summed E-state index contributed by atoms with van der Waals surface area (Å²) in [4.78, 5) is 13.1. The normalized spacial score (nSPS) is 20.4. The summed E-state index contributed by atoms with van der Waals surface area (Å²) >= 11 is 0. The maximum Gasteiger partial charge on any atom is 0.329 e. The SMILES string of the molecule is CC(C)(C)OC(=O)C1(S(=O)(=O)N2CCC(/C=C/CCOCc3ccccc3)CC2)CCOCC1. The topological polar surface area (TPSA) is 82.1 Å². The second kappa shape index (κ2) is 11.8. The maximum atomic E-state index is 13.7. The number of hydrogen-bond donors (Lipinski definition) is 0. The molecule has 0 aromatic heterocycles. The number of hydrogen-bond acceptors (Lipinski definition) is 6. The fourth-order valence-electron chi connectivity index (χ4n) is 4.40. The van der Waals surface area contributed by atoms with Crippen LogP contribution in [0.4, 0.5) is 0 Å². The van der Waals surface area contributed by atoms with Crippen LogP contribution >= 0.6 is 0 Å². The predicted octanol–water partition coefficient (Wildman–Crippen LogP) is 4.08. The number of carbonyl (C=O) groups is 1. The van der Waals surface area contributed by atoms with Crippen molar-refractivity contribution in [1.29, 1.82) is 0 Å². The first-order chi connectivity index (χ1) is 16.1. The zero-order chi connectivity index (χ0) is 24.7. The van der Waals surface area contributed by atoms with E-state index in [1.54, 1.807) is 20.8 Å². The largest absolute Gasteiger partial charge is 0.459 e. The predicted molar refractivity (Wildman–Crippen MR) is 132 cm³/mol. The number of nitrogens with zero attached hydrogens (tertiary/aromatic N) is 1. The van der Waals surface area contributed by atoms with Crippen LogP contribution in [0.1, 0.15) is 58.4 Å². The van der Waals surface area contributed by atoms with Gasteiger partial charge in [-0.15, -0.1) is 0 Å². The van der Waals surface area contributed by atoms with Gasteiger partial charge in [-0.1, -0.05) is 42.5 Å². The van der Waals surface area contributed by atoms with Crippen molar-refractivity contribution in [2.24, 2.45) is 5.92 Å². The van der Waals surface area contributed by atoms with E-state index in [0.29, 0.717) is 32.2 Å². The summed E-state index contributed by atoms with van der Waals surface area (Å²) in [5.74, 6) is -0.325. The second-order valence-electron chi connectivity index (χ2n) is 10.1. The van der Waals surface area contributed by atoms with Gasteiger partial charge in [0.1, 0.15) is 5.60 Å². The Kier molecular flexibility index (Phi) is 9.32. The van der Waals surface area contributed by atoms with Gasteiger partial charge in [0.2, 0.25) is 10.0 Å². The van der Waals surface area contributed by atoms with E-state index in [1.807, 2.05) is 30.3 Å². The Bertz CT molecular complexity index is 908. The fraction of sp³-hybridized carbons (Fsp3) is 0.654. The van der Waals surface area contributed by atoms with Crippen molar-refractivity contribution in [3.63, 3.8) is 0 Å². The van der Waals surface area contributed by atoms with E-state index in [2.05, 4.69) is 12.2 Å². The highest BCUT2D eigenvalue weighted by atomic mass is 32.2. The van der Waals surface area contributed by atoms with Gasteiger partial charge in [0, 0.05) is 39.1 Å². The van der Waals surface area contributed by atoms with Gasteiger partial charge < -0.3 is 14.2 Å². The Morgan fingerprint density at radius 2 is 1.79 bits per heavy atom. The average molecular weight is 494 g/mol. The van der Waals surface area contributed by atoms with E-state index in [9.17, 15) is 13.2 Å². The van der Waals surface area contributed by atoms with Crippen molar-refractivity contribution < 1.29 is 27.4 Å². The van der Waals surface area contributed by atoms with Gasteiger partial charge in [0.05, 0.1) is 13.2 Å². The second-order valence-corrected chi connectivity index (χ2v) is 12.4. The third kappa shape index (κ3) is 6.90. The van der Waals surface area contributed by atoms with E-state index in [1.165, 1.54) is 4.31 Å². The van der Waals surface area contributed by atoms with Crippen molar-refractivity contribution in [2.75, 3.05) is 32.9 Å². The Labute approximate surface area is 204 Å². The molecule has 2 heterocycles. The molecule has 8 heteroatoms. The summed E-state index contributed by atoms with van der Waals surface area (Å²) in [6, 6.07) is 10.1. The summed E-state index contributed by atoms with van der Waals surface area (Å²) in [6.07, 6.45) is 6.87. The van der Waals surface area contributed by atoms with Gasteiger partial charge >= 0.3 is 5.97 Å². The van der Waals surface area contributed by atoms with Crippen LogP contribution in [-0.2, 0) is 35.6 Å². The molecule has 1 aromatic rings. The van der Waals surface area contributed by atoms with Crippen LogP contribution in [0.5, 0.6) is 0 Å². The van der Waals surface area contributed by atoms with Crippen LogP contribution in [0.2, 0.25) is 0 Å². The average Bonchev–Trinajstić information content (AvgIpc) is 2.81. The molecule has 0 aliphatic carbocycles. The molecule has 0 bridgehead atoms. The van der Waals surface area contributed by atoms with E-state index >= 15 is 0 Å². The van der Waals surface area contributed by atoms with E-state index < -0.39 is 26.3 Å². The summed E-state index contributed by atoms with van der Waals surface area (Å²) in [5, 5.41) is 0. The van der Waals surface area contributed by atoms with Gasteiger partial charge in [0.25, 0.3) is 0 Å². The number of sulfonamides is 1. The molecule has 0 N–H and O–H groups in total. The molecule has 2 aliphatic heterocycles. The summed E-state index contributed by atoms with van der Waals surface area (Å²) in [5.41, 5.74) is 0.411. The Balaban J connectivity index is 1.51. The standard InChI is InChI=1S/C26H39NO6S/c1-25(2,3)33-24(28)26(14-19-31-20-15-26)34(29,30)27-16-12-22(13-17-27)9-7-8-18-32-21-23-10-5-4-6-11-23/h4-7,9-11,22H,8,12-21H2,1-3H3/b9-7+. The van der Waals surface area contributed by atoms with Crippen molar-refractivity contribution in [3.05, 3.63) is 48.0 Å². The molecule has 2 saturated heterocycles. The number of benzene rings is 1. The highest BCUT2D eigenvalue weighted by molar-refractivity contribution is 7.91. The molecular formula is C26H39NO6S. The van der Waals surface area contributed by atoms with E-state index in [0.717, 1.165) is 24.8 Å². The Hall–Kier alpha value is -1.74. The van der Waals surface area contributed by atoms with Crippen LogP contribution in [0, 0.1) is 5.92 Å². The van der Waals surface area contributed by atoms with Gasteiger partial charge in [-0.2, -0.15) is 0 Å². The third-order valence-corrected chi connectivity index (χ3v) is 8.96. The summed E-state index contributed by atoms with van der Waals surface area (Å²) in [7, 11) is -3.87. The zero-order valence-corrected chi connectivity index (χ0v) is 21.5. The maximum absolute atomic E-state index is 13.7. The Morgan fingerprint density at radius 3 is 2.41 bits per heavy atom. The first-order valence-corrected chi connectivity index (χ1v) is 13.7. The molecule has 1 aromatic carbocycles. The van der Waals surface area contributed by atoms with Gasteiger partial charge in [-0.3, -0.25) is 4.79 Å². The molecule has 0 spiro atoms. The number of allylic oxidation sites excluding steroid dienone is 1. The highest BCUT2D eigenvalue weighted by Crippen LogP contribution is 2.37. The van der Waals surface area contributed by atoms with Gasteiger partial charge in [-0.25, -0.2) is 12.7 Å². The van der Waals surface area contributed by atoms with E-state index in [4.69, 9.17) is 14.2 Å². The van der Waals surface area contributed by atoms with Crippen LogP contribution in [0.3, 0.4) is 0 Å². The fourth-order valence-corrected chi connectivity index (χ4v) is 6.52. The molecule has 0 amide bonds. The highest BCUT2D eigenvalue weighted by Gasteiger charge is 2.56. The quantitative estimate of drug-likeness (QED) is 0.293. The molecule has 0 radical (unpaired) electrons. The number of esters is 1. The van der Waals surface area contributed by atoms with Crippen LogP contribution in [0.25, 0.3) is 0 Å². The van der Waals surface area contributed by atoms with Crippen LogP contribution < -0.4 is 0 Å². The smallest absolute Gasteiger partial charge is 0.329 e. The molecule has 0 unspecified atom stereocenters. The summed E-state index contributed by atoms with van der Waals surface area (Å²) in [6.45, 7) is 7.84. The number of piperidine rings is 1. The van der Waals surface area contributed by atoms with Crippen molar-refractivity contribution >= 4 is 16.0 Å². The molecular weight excluding hydrogens is 454 g/mol. The molecule has 3 rings (SSSR count). The van der Waals surface area contributed by atoms with Crippen molar-refractivity contribution in [2.45, 2.75) is 69.8 Å². The molecule has 0 saturated carbocycles. The lowest BCUT2D eigenvalue weighted by Gasteiger charge is -2.41. The van der Waals surface area contributed by atoms with Crippen LogP contribution in [0.15, 0.2) is 42.5 Å². The zero-order valence-electron chi connectivity index (χ0n) is 20.7. The van der Waals surface area contributed by atoms with Crippen molar-refractivity contribution in [3.8, 4) is 0 Å². The number of carbonyl (C=O) groups excluding carboxylic acids is 1.